The van der Waals surface area contributed by atoms with Gasteiger partial charge >= 0.3 is 12.0 Å². The van der Waals surface area contributed by atoms with Gasteiger partial charge in [0, 0.05) is 5.56 Å². The highest BCUT2D eigenvalue weighted by Crippen LogP contribution is 2.37. The van der Waals surface area contributed by atoms with Crippen LogP contribution >= 0.6 is 11.6 Å². The third-order valence-electron chi connectivity index (χ3n) is 4.53. The van der Waals surface area contributed by atoms with E-state index >= 15 is 0 Å². The van der Waals surface area contributed by atoms with Gasteiger partial charge in [-0.15, -0.1) is 0 Å². The first-order valence-corrected chi connectivity index (χ1v) is 10.5. The lowest BCUT2D eigenvalue weighted by Gasteiger charge is -2.14. The van der Waals surface area contributed by atoms with E-state index in [1.807, 2.05) is 0 Å². The topological polar surface area (TPSA) is 94.2 Å². The Balaban J connectivity index is 1.83. The summed E-state index contributed by atoms with van der Waals surface area (Å²) < 4.78 is 29.8. The smallest absolute Gasteiger partial charge is 0.344 e. The molecule has 1 fully saturated rings. The van der Waals surface area contributed by atoms with E-state index in [1.54, 1.807) is 26.0 Å². The first-order valence-electron chi connectivity index (χ1n) is 10.2. The number of carbonyl (C=O) groups is 3. The Morgan fingerprint density at radius 3 is 2.61 bits per heavy atom. The van der Waals surface area contributed by atoms with Crippen LogP contribution in [0.4, 0.5) is 9.18 Å². The Morgan fingerprint density at radius 2 is 1.91 bits per heavy atom. The fourth-order valence-electron chi connectivity index (χ4n) is 3.09. The van der Waals surface area contributed by atoms with Gasteiger partial charge in [-0.05, 0) is 43.7 Å². The standard InChI is InChI=1S/C23H22ClFN2O6/c1-3-31-19-11-14(9-16(24)21(19)33-13-20(28)32-4-2)10-18-22(29)27(23(30)26-18)12-15-7-5-6-8-17(15)25/h5-11H,3-4,12-13H2,1-2H3,(H,26,30). The summed E-state index contributed by atoms with van der Waals surface area (Å²) in [5, 5.41) is 2.62. The molecule has 1 aliphatic heterocycles. The fourth-order valence-corrected chi connectivity index (χ4v) is 3.36. The molecule has 8 nitrogen and oxygen atoms in total. The summed E-state index contributed by atoms with van der Waals surface area (Å²) in [5.74, 6) is -1.28. The number of ether oxygens (including phenoxy) is 3. The summed E-state index contributed by atoms with van der Waals surface area (Å²) in [6, 6.07) is 8.29. The number of nitrogens with one attached hydrogen (secondary N) is 1. The van der Waals surface area contributed by atoms with E-state index in [-0.39, 0.29) is 54.1 Å². The minimum absolute atomic E-state index is 0.00459. The van der Waals surface area contributed by atoms with Crippen LogP contribution in [0, 0.1) is 5.82 Å². The molecule has 3 rings (SSSR count). The van der Waals surface area contributed by atoms with Gasteiger partial charge in [0.25, 0.3) is 5.91 Å². The Hall–Kier alpha value is -3.59. The lowest BCUT2D eigenvalue weighted by atomic mass is 10.1. The monoisotopic (exact) mass is 476 g/mol. The summed E-state index contributed by atoms with van der Waals surface area (Å²) in [4.78, 5) is 37.6. The molecule has 33 heavy (non-hydrogen) atoms. The molecule has 1 heterocycles. The molecule has 1 aliphatic rings. The second-order valence-corrected chi connectivity index (χ2v) is 7.23. The highest BCUT2D eigenvalue weighted by atomic mass is 35.5. The molecule has 1 saturated heterocycles. The third kappa shape index (κ3) is 5.81. The molecule has 10 heteroatoms. The van der Waals surface area contributed by atoms with Crippen LogP contribution in [0.25, 0.3) is 6.08 Å². The van der Waals surface area contributed by atoms with E-state index in [4.69, 9.17) is 25.8 Å². The number of imide groups is 1. The van der Waals surface area contributed by atoms with Crippen molar-refractivity contribution in [2.24, 2.45) is 0 Å². The Morgan fingerprint density at radius 1 is 1.15 bits per heavy atom. The SMILES string of the molecule is CCOC(=O)COc1c(Cl)cc(C=C2NC(=O)N(Cc3ccccc3F)C2=O)cc1OCC. The average molecular weight is 477 g/mol. The molecule has 0 unspecified atom stereocenters. The van der Waals surface area contributed by atoms with Crippen molar-refractivity contribution in [1.82, 2.24) is 10.2 Å². The number of halogens is 2. The zero-order valence-corrected chi connectivity index (χ0v) is 18.8. The molecule has 2 aromatic rings. The van der Waals surface area contributed by atoms with Crippen molar-refractivity contribution >= 4 is 35.6 Å². The van der Waals surface area contributed by atoms with Gasteiger partial charge in [0.15, 0.2) is 18.1 Å². The Bertz CT molecular complexity index is 1100. The number of rotatable bonds is 9. The van der Waals surface area contributed by atoms with E-state index in [0.717, 1.165) is 4.90 Å². The first-order chi connectivity index (χ1) is 15.8. The molecular formula is C23H22ClFN2O6. The fraction of sp³-hybridized carbons (Fsp3) is 0.261. The van der Waals surface area contributed by atoms with E-state index < -0.39 is 23.7 Å². The maximum Gasteiger partial charge on any atom is 0.344 e. The summed E-state index contributed by atoms with van der Waals surface area (Å²) in [5.41, 5.74) is 0.658. The predicted molar refractivity (Wildman–Crippen MR) is 118 cm³/mol. The van der Waals surface area contributed by atoms with Gasteiger partial charge < -0.3 is 19.5 Å². The van der Waals surface area contributed by atoms with E-state index in [1.165, 1.54) is 30.3 Å². The number of nitrogens with zero attached hydrogens (tertiary/aromatic N) is 1. The zero-order chi connectivity index (χ0) is 24.0. The van der Waals surface area contributed by atoms with Gasteiger partial charge in [-0.1, -0.05) is 29.8 Å². The predicted octanol–water partition coefficient (Wildman–Crippen LogP) is 3.91. The maximum atomic E-state index is 13.9. The number of amides is 3. The van der Waals surface area contributed by atoms with Crippen molar-refractivity contribution in [3.05, 3.63) is 64.1 Å². The minimum Gasteiger partial charge on any atom is -0.490 e. The third-order valence-corrected chi connectivity index (χ3v) is 4.81. The van der Waals surface area contributed by atoms with Crippen molar-refractivity contribution in [2.75, 3.05) is 19.8 Å². The number of benzene rings is 2. The van der Waals surface area contributed by atoms with Crippen LogP contribution in [-0.4, -0.2) is 42.6 Å². The number of urea groups is 1. The van der Waals surface area contributed by atoms with Gasteiger partial charge in [0.05, 0.1) is 24.8 Å². The van der Waals surface area contributed by atoms with Gasteiger partial charge in [-0.2, -0.15) is 0 Å². The Labute approximate surface area is 194 Å². The molecule has 0 bridgehead atoms. The molecular weight excluding hydrogens is 455 g/mol. The van der Waals surface area contributed by atoms with Gasteiger partial charge in [-0.3, -0.25) is 9.69 Å². The first kappa shape index (κ1) is 24.1. The van der Waals surface area contributed by atoms with Crippen LogP contribution in [-0.2, 0) is 20.9 Å². The lowest BCUT2D eigenvalue weighted by Crippen LogP contribution is -2.30. The summed E-state index contributed by atoms with van der Waals surface area (Å²) in [6.45, 7) is 3.38. The normalized spacial score (nSPS) is 14.4. The van der Waals surface area contributed by atoms with Crippen molar-refractivity contribution in [3.63, 3.8) is 0 Å². The second-order valence-electron chi connectivity index (χ2n) is 6.83. The molecule has 174 valence electrons. The number of hydrogen-bond donors (Lipinski definition) is 1. The Kier molecular flexibility index (Phi) is 7.89. The van der Waals surface area contributed by atoms with Crippen molar-refractivity contribution in [3.8, 4) is 11.5 Å². The molecule has 0 aliphatic carbocycles. The molecule has 0 radical (unpaired) electrons. The number of hydrogen-bond acceptors (Lipinski definition) is 6. The van der Waals surface area contributed by atoms with Crippen molar-refractivity contribution in [1.29, 1.82) is 0 Å². The molecule has 0 atom stereocenters. The molecule has 1 N–H and O–H groups in total. The van der Waals surface area contributed by atoms with Crippen LogP contribution in [0.3, 0.4) is 0 Å². The number of carbonyl (C=O) groups excluding carboxylic acids is 3. The van der Waals surface area contributed by atoms with Crippen LogP contribution < -0.4 is 14.8 Å². The molecule has 0 spiro atoms. The van der Waals surface area contributed by atoms with Crippen LogP contribution in [0.1, 0.15) is 25.0 Å². The van der Waals surface area contributed by atoms with Crippen LogP contribution in [0.2, 0.25) is 5.02 Å². The average Bonchev–Trinajstić information content (AvgIpc) is 3.02. The van der Waals surface area contributed by atoms with Crippen LogP contribution in [0.15, 0.2) is 42.1 Å². The largest absolute Gasteiger partial charge is 0.490 e. The van der Waals surface area contributed by atoms with E-state index in [0.29, 0.717) is 5.56 Å². The quantitative estimate of drug-likeness (QED) is 0.335. The minimum atomic E-state index is -0.667. The zero-order valence-electron chi connectivity index (χ0n) is 18.0. The lowest BCUT2D eigenvalue weighted by molar-refractivity contribution is -0.145. The second kappa shape index (κ2) is 10.8. The molecule has 0 aromatic heterocycles. The van der Waals surface area contributed by atoms with E-state index in [9.17, 15) is 18.8 Å². The van der Waals surface area contributed by atoms with E-state index in [2.05, 4.69) is 5.32 Å². The van der Waals surface area contributed by atoms with Gasteiger partial charge in [-0.25, -0.2) is 14.0 Å². The maximum absolute atomic E-state index is 13.9. The summed E-state index contributed by atoms with van der Waals surface area (Å²) in [6.07, 6.45) is 1.42. The van der Waals surface area contributed by atoms with Crippen molar-refractivity contribution in [2.45, 2.75) is 20.4 Å². The number of esters is 1. The highest BCUT2D eigenvalue weighted by molar-refractivity contribution is 6.32. The molecule has 2 aromatic carbocycles. The highest BCUT2D eigenvalue weighted by Gasteiger charge is 2.34. The summed E-state index contributed by atoms with van der Waals surface area (Å²) in [7, 11) is 0. The van der Waals surface area contributed by atoms with Gasteiger partial charge in [0.1, 0.15) is 11.5 Å². The van der Waals surface area contributed by atoms with Crippen molar-refractivity contribution < 1.29 is 33.0 Å². The molecule has 0 saturated carbocycles. The molecule has 3 amide bonds. The summed E-state index contributed by atoms with van der Waals surface area (Å²) >= 11 is 6.32. The van der Waals surface area contributed by atoms with Gasteiger partial charge in [0.2, 0.25) is 0 Å². The van der Waals surface area contributed by atoms with Crippen LogP contribution in [0.5, 0.6) is 11.5 Å².